The third-order valence-corrected chi connectivity index (χ3v) is 3.05. The molecule has 0 aromatic carbocycles. The highest BCUT2D eigenvalue weighted by molar-refractivity contribution is 5.61. The Morgan fingerprint density at radius 3 is 2.81 bits per heavy atom. The fourth-order valence-electron chi connectivity index (χ4n) is 1.89. The summed E-state index contributed by atoms with van der Waals surface area (Å²) >= 11 is 0. The molecule has 1 aliphatic carbocycles. The van der Waals surface area contributed by atoms with Gasteiger partial charge in [0.1, 0.15) is 11.9 Å². The predicted octanol–water partition coefficient (Wildman–Crippen LogP) is 2.59. The Balaban J connectivity index is 2.23. The topological polar surface area (TPSA) is 68.1 Å². The van der Waals surface area contributed by atoms with E-state index in [-0.39, 0.29) is 11.2 Å². The second-order valence-corrected chi connectivity index (χ2v) is 4.77. The number of hydrogen-bond acceptors (Lipinski definition) is 4. The number of nitrogens with zero attached hydrogens (tertiary/aromatic N) is 2. The largest absolute Gasteiger partial charge is 0.374 e. The van der Waals surface area contributed by atoms with E-state index in [1.807, 2.05) is 0 Å². The van der Waals surface area contributed by atoms with E-state index in [4.69, 9.17) is 0 Å². The highest BCUT2D eigenvalue weighted by Gasteiger charge is 2.38. The van der Waals surface area contributed by atoms with Crippen LogP contribution in [-0.2, 0) is 0 Å². The van der Waals surface area contributed by atoms with Gasteiger partial charge in [-0.3, -0.25) is 15.1 Å². The first kappa shape index (κ1) is 10.9. The van der Waals surface area contributed by atoms with Crippen molar-refractivity contribution in [2.75, 3.05) is 5.32 Å². The second-order valence-electron chi connectivity index (χ2n) is 4.77. The Labute approximate surface area is 94.0 Å². The zero-order chi connectivity index (χ0) is 11.8. The SMILES string of the molecule is CC(C)(Nc1ccncc1[N+](=O)[O-])C1CC1. The standard InChI is InChI=1S/C11H15N3O2/c1-11(2,8-3-4-8)13-9-5-6-12-7-10(9)14(15)16/h5-8H,3-4H2,1-2H3,(H,12,13). The first-order valence-corrected chi connectivity index (χ1v) is 5.37. The molecule has 1 heterocycles. The van der Waals surface area contributed by atoms with Gasteiger partial charge in [0.15, 0.2) is 0 Å². The molecule has 0 aliphatic heterocycles. The molecule has 2 rings (SSSR count). The van der Waals surface area contributed by atoms with Crippen molar-refractivity contribution >= 4 is 11.4 Å². The molecule has 0 unspecified atom stereocenters. The van der Waals surface area contributed by atoms with Gasteiger partial charge < -0.3 is 5.32 Å². The van der Waals surface area contributed by atoms with Crippen molar-refractivity contribution < 1.29 is 4.92 Å². The third-order valence-electron chi connectivity index (χ3n) is 3.05. The van der Waals surface area contributed by atoms with Crippen LogP contribution in [0.3, 0.4) is 0 Å². The van der Waals surface area contributed by atoms with E-state index in [1.54, 1.807) is 12.3 Å². The molecule has 1 aromatic heterocycles. The van der Waals surface area contributed by atoms with Crippen molar-refractivity contribution in [3.05, 3.63) is 28.6 Å². The third kappa shape index (κ3) is 2.13. The molecule has 1 N–H and O–H groups in total. The lowest BCUT2D eigenvalue weighted by Gasteiger charge is -2.27. The van der Waals surface area contributed by atoms with E-state index >= 15 is 0 Å². The van der Waals surface area contributed by atoms with Crippen LogP contribution in [0.15, 0.2) is 18.5 Å². The summed E-state index contributed by atoms with van der Waals surface area (Å²) in [4.78, 5) is 14.2. The van der Waals surface area contributed by atoms with Crippen LogP contribution in [-0.4, -0.2) is 15.4 Å². The van der Waals surface area contributed by atoms with Gasteiger partial charge in [0.2, 0.25) is 0 Å². The van der Waals surface area contributed by atoms with E-state index in [0.717, 1.165) is 0 Å². The van der Waals surface area contributed by atoms with Crippen LogP contribution in [0.1, 0.15) is 26.7 Å². The van der Waals surface area contributed by atoms with Crippen molar-refractivity contribution in [3.8, 4) is 0 Å². The molecule has 0 radical (unpaired) electrons. The molecule has 0 bridgehead atoms. The van der Waals surface area contributed by atoms with Gasteiger partial charge in [0.05, 0.1) is 4.92 Å². The van der Waals surface area contributed by atoms with Crippen LogP contribution >= 0.6 is 0 Å². The van der Waals surface area contributed by atoms with Crippen molar-refractivity contribution in [3.63, 3.8) is 0 Å². The molecule has 0 spiro atoms. The Morgan fingerprint density at radius 2 is 2.25 bits per heavy atom. The summed E-state index contributed by atoms with van der Waals surface area (Å²) in [6.07, 6.45) is 5.24. The van der Waals surface area contributed by atoms with Crippen molar-refractivity contribution in [1.29, 1.82) is 0 Å². The molecule has 0 saturated heterocycles. The highest BCUT2D eigenvalue weighted by atomic mass is 16.6. The number of anilines is 1. The maximum atomic E-state index is 10.8. The fourth-order valence-corrected chi connectivity index (χ4v) is 1.89. The van der Waals surface area contributed by atoms with Crippen LogP contribution < -0.4 is 5.32 Å². The fraction of sp³-hybridized carbons (Fsp3) is 0.545. The highest BCUT2D eigenvalue weighted by Crippen LogP contribution is 2.42. The summed E-state index contributed by atoms with van der Waals surface area (Å²) in [6, 6.07) is 1.66. The summed E-state index contributed by atoms with van der Waals surface area (Å²) in [5.41, 5.74) is 0.500. The monoisotopic (exact) mass is 221 g/mol. The second kappa shape index (κ2) is 3.73. The van der Waals surface area contributed by atoms with Gasteiger partial charge >= 0.3 is 5.69 Å². The lowest BCUT2D eigenvalue weighted by molar-refractivity contribution is -0.384. The Hall–Kier alpha value is -1.65. The molecule has 1 fully saturated rings. The number of aromatic nitrogens is 1. The van der Waals surface area contributed by atoms with E-state index in [0.29, 0.717) is 11.6 Å². The number of nitro groups is 1. The molecular formula is C11H15N3O2. The lowest BCUT2D eigenvalue weighted by atomic mass is 9.98. The summed E-state index contributed by atoms with van der Waals surface area (Å²) in [7, 11) is 0. The van der Waals surface area contributed by atoms with Crippen LogP contribution in [0.25, 0.3) is 0 Å². The van der Waals surface area contributed by atoms with E-state index < -0.39 is 4.92 Å². The molecule has 16 heavy (non-hydrogen) atoms. The summed E-state index contributed by atoms with van der Waals surface area (Å²) in [5, 5.41) is 14.1. The molecule has 5 nitrogen and oxygen atoms in total. The zero-order valence-electron chi connectivity index (χ0n) is 9.43. The van der Waals surface area contributed by atoms with Crippen LogP contribution in [0.2, 0.25) is 0 Å². The maximum absolute atomic E-state index is 10.8. The quantitative estimate of drug-likeness (QED) is 0.626. The maximum Gasteiger partial charge on any atom is 0.310 e. The summed E-state index contributed by atoms with van der Waals surface area (Å²) < 4.78 is 0. The molecule has 5 heteroatoms. The normalized spacial score (nSPS) is 15.9. The smallest absolute Gasteiger partial charge is 0.310 e. The minimum absolute atomic E-state index is 0.0382. The van der Waals surface area contributed by atoms with Crippen molar-refractivity contribution in [1.82, 2.24) is 4.98 Å². The van der Waals surface area contributed by atoms with Crippen molar-refractivity contribution in [2.24, 2.45) is 5.92 Å². The Kier molecular flexibility index (Phi) is 2.53. The molecular weight excluding hydrogens is 206 g/mol. The zero-order valence-corrected chi connectivity index (χ0v) is 9.43. The number of rotatable bonds is 4. The summed E-state index contributed by atoms with van der Waals surface area (Å²) in [5.74, 6) is 0.611. The number of pyridine rings is 1. The van der Waals surface area contributed by atoms with E-state index in [2.05, 4.69) is 24.1 Å². The lowest BCUT2D eigenvalue weighted by Crippen LogP contribution is -2.33. The minimum atomic E-state index is -0.404. The molecule has 1 aliphatic rings. The average Bonchev–Trinajstić information content (AvgIpc) is 3.00. The van der Waals surface area contributed by atoms with Gasteiger partial charge in [0.25, 0.3) is 0 Å². The van der Waals surface area contributed by atoms with Gasteiger partial charge in [-0.05, 0) is 38.7 Å². The molecule has 1 aromatic rings. The Bertz CT molecular complexity index is 413. The Morgan fingerprint density at radius 1 is 1.56 bits per heavy atom. The van der Waals surface area contributed by atoms with Gasteiger partial charge in [-0.15, -0.1) is 0 Å². The van der Waals surface area contributed by atoms with Gasteiger partial charge in [0, 0.05) is 11.7 Å². The first-order chi connectivity index (χ1) is 7.50. The average molecular weight is 221 g/mol. The number of hydrogen-bond donors (Lipinski definition) is 1. The summed E-state index contributed by atoms with van der Waals surface area (Å²) in [6.45, 7) is 4.16. The van der Waals surface area contributed by atoms with Crippen LogP contribution in [0.4, 0.5) is 11.4 Å². The minimum Gasteiger partial charge on any atom is -0.374 e. The molecule has 0 amide bonds. The number of nitrogens with one attached hydrogen (secondary N) is 1. The van der Waals surface area contributed by atoms with Gasteiger partial charge in [-0.1, -0.05) is 0 Å². The van der Waals surface area contributed by atoms with Crippen LogP contribution in [0.5, 0.6) is 0 Å². The van der Waals surface area contributed by atoms with Crippen LogP contribution in [0, 0.1) is 16.0 Å². The molecule has 86 valence electrons. The van der Waals surface area contributed by atoms with Gasteiger partial charge in [-0.25, -0.2) is 0 Å². The van der Waals surface area contributed by atoms with E-state index in [1.165, 1.54) is 19.0 Å². The van der Waals surface area contributed by atoms with E-state index in [9.17, 15) is 10.1 Å². The molecule has 1 saturated carbocycles. The molecule has 0 atom stereocenters. The predicted molar refractivity (Wildman–Crippen MR) is 61.3 cm³/mol. The first-order valence-electron chi connectivity index (χ1n) is 5.37. The van der Waals surface area contributed by atoms with Crippen molar-refractivity contribution in [2.45, 2.75) is 32.2 Å². The van der Waals surface area contributed by atoms with Gasteiger partial charge in [-0.2, -0.15) is 0 Å².